The molecule has 2 N–H and O–H groups in total. The van der Waals surface area contributed by atoms with Gasteiger partial charge in [-0.2, -0.15) is 0 Å². The highest BCUT2D eigenvalue weighted by Gasteiger charge is 2.34. The second kappa shape index (κ2) is 3.91. The third kappa shape index (κ3) is 1.93. The highest BCUT2D eigenvalue weighted by atomic mass is 16.4. The first-order valence-corrected chi connectivity index (χ1v) is 6.03. The number of hydrogen-bond acceptors (Lipinski definition) is 1. The molecule has 17 heavy (non-hydrogen) atoms. The summed E-state index contributed by atoms with van der Waals surface area (Å²) in [5, 5.41) is 10.2. The summed E-state index contributed by atoms with van der Waals surface area (Å²) in [4.78, 5) is 14.2. The molecule has 3 rings (SSSR count). The molecular weight excluding hydrogens is 214 g/mol. The van der Waals surface area contributed by atoms with Crippen LogP contribution < -0.4 is 0 Å². The Morgan fingerprint density at radius 2 is 2.24 bits per heavy atom. The number of nitrogens with one attached hydrogen (secondary N) is 1. The minimum absolute atomic E-state index is 0.162. The Kier molecular flexibility index (Phi) is 2.39. The van der Waals surface area contributed by atoms with E-state index in [0.29, 0.717) is 5.92 Å². The van der Waals surface area contributed by atoms with Crippen LogP contribution in [0.4, 0.5) is 0 Å². The predicted molar refractivity (Wildman–Crippen MR) is 66.0 cm³/mol. The van der Waals surface area contributed by atoms with Crippen LogP contribution in [0.2, 0.25) is 0 Å². The highest BCUT2D eigenvalue weighted by Crippen LogP contribution is 2.45. The minimum atomic E-state index is -0.703. The monoisotopic (exact) mass is 229 g/mol. The van der Waals surface area contributed by atoms with Crippen LogP contribution in [0.5, 0.6) is 0 Å². The summed E-state index contributed by atoms with van der Waals surface area (Å²) >= 11 is 0. The van der Waals surface area contributed by atoms with E-state index in [9.17, 15) is 4.79 Å². The average Bonchev–Trinajstić information content (AvgIpc) is 3.02. The third-order valence-corrected chi connectivity index (χ3v) is 3.60. The van der Waals surface area contributed by atoms with E-state index in [2.05, 4.69) is 17.1 Å². The molecule has 0 aliphatic heterocycles. The molecule has 1 aromatic heterocycles. The molecule has 3 heteroatoms. The summed E-state index contributed by atoms with van der Waals surface area (Å²) in [6.45, 7) is 0. The van der Waals surface area contributed by atoms with Crippen LogP contribution in [0.3, 0.4) is 0 Å². The van der Waals surface area contributed by atoms with Gasteiger partial charge in [-0.25, -0.2) is 0 Å². The largest absolute Gasteiger partial charge is 0.481 e. The van der Waals surface area contributed by atoms with Crippen molar-refractivity contribution >= 4 is 16.9 Å². The van der Waals surface area contributed by atoms with Gasteiger partial charge in [-0.3, -0.25) is 4.79 Å². The Balaban J connectivity index is 2.04. The first-order valence-electron chi connectivity index (χ1n) is 6.03. The van der Waals surface area contributed by atoms with Gasteiger partial charge < -0.3 is 10.1 Å². The van der Waals surface area contributed by atoms with Crippen molar-refractivity contribution in [2.45, 2.75) is 25.2 Å². The molecule has 1 saturated carbocycles. The molecule has 1 aromatic carbocycles. The van der Waals surface area contributed by atoms with E-state index >= 15 is 0 Å². The lowest BCUT2D eigenvalue weighted by Crippen LogP contribution is -2.08. The molecule has 0 saturated heterocycles. The van der Waals surface area contributed by atoms with Crippen LogP contribution in [0, 0.1) is 5.92 Å². The van der Waals surface area contributed by atoms with Crippen molar-refractivity contribution in [1.82, 2.24) is 4.98 Å². The van der Waals surface area contributed by atoms with E-state index in [1.165, 1.54) is 5.39 Å². The fourth-order valence-corrected chi connectivity index (χ4v) is 2.64. The Bertz CT molecular complexity index is 554. The maximum absolute atomic E-state index is 11.0. The third-order valence-electron chi connectivity index (χ3n) is 3.60. The summed E-state index contributed by atoms with van der Waals surface area (Å²) in [7, 11) is 0. The number of fused-ring (bicyclic) bond motifs is 1. The summed E-state index contributed by atoms with van der Waals surface area (Å²) in [5.74, 6) is 0.0142. The molecule has 0 radical (unpaired) electrons. The van der Waals surface area contributed by atoms with Crippen LogP contribution in [0.25, 0.3) is 10.9 Å². The van der Waals surface area contributed by atoms with Gasteiger partial charge in [0.15, 0.2) is 0 Å². The second-order valence-corrected chi connectivity index (χ2v) is 4.83. The van der Waals surface area contributed by atoms with Gasteiger partial charge in [0.1, 0.15) is 0 Å². The van der Waals surface area contributed by atoms with Gasteiger partial charge in [0.05, 0.1) is 6.42 Å². The SMILES string of the molecule is O=C(O)CC(c1cccc2cc[nH]c12)C1CC1. The van der Waals surface area contributed by atoms with E-state index in [-0.39, 0.29) is 12.3 Å². The highest BCUT2D eigenvalue weighted by molar-refractivity contribution is 5.83. The van der Waals surface area contributed by atoms with Gasteiger partial charge in [0.2, 0.25) is 0 Å². The number of para-hydroxylation sites is 1. The maximum atomic E-state index is 11.0. The Hall–Kier alpha value is -1.77. The van der Waals surface area contributed by atoms with Gasteiger partial charge in [0.25, 0.3) is 0 Å². The van der Waals surface area contributed by atoms with Gasteiger partial charge in [0, 0.05) is 11.7 Å². The number of carboxylic acids is 1. The van der Waals surface area contributed by atoms with Crippen LogP contribution >= 0.6 is 0 Å². The molecule has 1 fully saturated rings. The van der Waals surface area contributed by atoms with Crippen molar-refractivity contribution in [3.63, 3.8) is 0 Å². The van der Waals surface area contributed by atoms with E-state index in [1.54, 1.807) is 0 Å². The molecule has 88 valence electrons. The summed E-state index contributed by atoms with van der Waals surface area (Å²) < 4.78 is 0. The van der Waals surface area contributed by atoms with E-state index in [0.717, 1.165) is 23.9 Å². The lowest BCUT2D eigenvalue weighted by Gasteiger charge is -2.15. The van der Waals surface area contributed by atoms with Gasteiger partial charge in [-0.1, -0.05) is 18.2 Å². The van der Waals surface area contributed by atoms with Crippen molar-refractivity contribution in [2.75, 3.05) is 0 Å². The molecule has 3 nitrogen and oxygen atoms in total. The lowest BCUT2D eigenvalue weighted by molar-refractivity contribution is -0.137. The van der Waals surface area contributed by atoms with Crippen molar-refractivity contribution in [3.8, 4) is 0 Å². The second-order valence-electron chi connectivity index (χ2n) is 4.83. The fourth-order valence-electron chi connectivity index (χ4n) is 2.64. The van der Waals surface area contributed by atoms with E-state index < -0.39 is 5.97 Å². The molecule has 0 spiro atoms. The smallest absolute Gasteiger partial charge is 0.303 e. The van der Waals surface area contributed by atoms with Gasteiger partial charge in [-0.15, -0.1) is 0 Å². The molecular formula is C14H15NO2. The molecule has 0 amide bonds. The first-order chi connectivity index (χ1) is 8.25. The van der Waals surface area contributed by atoms with E-state index in [1.807, 2.05) is 18.3 Å². The van der Waals surface area contributed by atoms with Crippen molar-refractivity contribution in [2.24, 2.45) is 5.92 Å². The Morgan fingerprint density at radius 1 is 1.41 bits per heavy atom. The molecule has 1 atom stereocenters. The zero-order valence-corrected chi connectivity index (χ0v) is 9.52. The molecule has 1 heterocycles. The normalized spacial score (nSPS) is 17.2. The van der Waals surface area contributed by atoms with E-state index in [4.69, 9.17) is 5.11 Å². The standard InChI is InChI=1S/C14H15NO2/c16-13(17)8-12(9-4-5-9)11-3-1-2-10-6-7-15-14(10)11/h1-3,6-7,9,12,15H,4-5,8H2,(H,16,17). The quantitative estimate of drug-likeness (QED) is 0.846. The number of benzene rings is 1. The lowest BCUT2D eigenvalue weighted by atomic mass is 9.90. The maximum Gasteiger partial charge on any atom is 0.303 e. The van der Waals surface area contributed by atoms with Crippen molar-refractivity contribution in [3.05, 3.63) is 36.0 Å². The summed E-state index contributed by atoms with van der Waals surface area (Å²) in [6.07, 6.45) is 4.48. The van der Waals surface area contributed by atoms with Crippen LogP contribution in [0.15, 0.2) is 30.5 Å². The predicted octanol–water partition coefficient (Wildman–Crippen LogP) is 3.14. The van der Waals surface area contributed by atoms with Crippen LogP contribution in [-0.4, -0.2) is 16.1 Å². The average molecular weight is 229 g/mol. The zero-order chi connectivity index (χ0) is 11.8. The van der Waals surface area contributed by atoms with Crippen LogP contribution in [0.1, 0.15) is 30.7 Å². The minimum Gasteiger partial charge on any atom is -0.481 e. The number of carbonyl (C=O) groups is 1. The topological polar surface area (TPSA) is 53.1 Å². The molecule has 1 aliphatic carbocycles. The number of aromatic nitrogens is 1. The number of H-pyrrole nitrogens is 1. The van der Waals surface area contributed by atoms with Gasteiger partial charge in [-0.05, 0) is 41.7 Å². The number of aliphatic carboxylic acids is 1. The van der Waals surface area contributed by atoms with Crippen molar-refractivity contribution < 1.29 is 9.90 Å². The summed E-state index contributed by atoms with van der Waals surface area (Å²) in [6, 6.07) is 8.16. The molecule has 0 bridgehead atoms. The number of carboxylic acid groups (broad SMARTS) is 1. The fraction of sp³-hybridized carbons (Fsp3) is 0.357. The number of rotatable bonds is 4. The molecule has 1 unspecified atom stereocenters. The first kappa shape index (κ1) is 10.4. The molecule has 2 aromatic rings. The summed E-state index contributed by atoms with van der Waals surface area (Å²) in [5.41, 5.74) is 2.27. The van der Waals surface area contributed by atoms with Crippen LogP contribution in [-0.2, 0) is 4.79 Å². The Labute approximate surface area is 99.5 Å². The zero-order valence-electron chi connectivity index (χ0n) is 9.52. The molecule has 1 aliphatic rings. The van der Waals surface area contributed by atoms with Crippen molar-refractivity contribution in [1.29, 1.82) is 0 Å². The number of hydrogen-bond donors (Lipinski definition) is 2. The Morgan fingerprint density at radius 3 is 2.94 bits per heavy atom. The number of aromatic amines is 1. The van der Waals surface area contributed by atoms with Gasteiger partial charge >= 0.3 is 5.97 Å².